The van der Waals surface area contributed by atoms with Crippen LogP contribution in [0.5, 0.6) is 0 Å². The first-order valence-electron chi connectivity index (χ1n) is 9.60. The van der Waals surface area contributed by atoms with Gasteiger partial charge in [-0.05, 0) is 31.9 Å². The Kier molecular flexibility index (Phi) is 8.51. The highest BCUT2D eigenvalue weighted by atomic mass is 16.5. The van der Waals surface area contributed by atoms with Crippen LogP contribution in [0.2, 0.25) is 0 Å². The third-order valence-electron chi connectivity index (χ3n) is 4.60. The molecule has 1 atom stereocenters. The van der Waals surface area contributed by atoms with Gasteiger partial charge in [0.25, 0.3) is 0 Å². The van der Waals surface area contributed by atoms with E-state index < -0.39 is 6.10 Å². The quantitative estimate of drug-likeness (QED) is 0.698. The minimum atomic E-state index is -0.460. The lowest BCUT2D eigenvalue weighted by Crippen LogP contribution is -2.50. The molecule has 1 heterocycles. The van der Waals surface area contributed by atoms with Crippen molar-refractivity contribution in [1.29, 1.82) is 0 Å². The van der Waals surface area contributed by atoms with Gasteiger partial charge in [0.05, 0.1) is 25.4 Å². The number of ether oxygens (including phenoxy) is 1. The number of piperazine rings is 1. The molecule has 6 nitrogen and oxygen atoms in total. The van der Waals surface area contributed by atoms with E-state index in [-0.39, 0.29) is 12.0 Å². The van der Waals surface area contributed by atoms with Crippen LogP contribution in [0, 0.1) is 0 Å². The number of aryl methyl sites for hydroxylation is 1. The van der Waals surface area contributed by atoms with Crippen LogP contribution >= 0.6 is 0 Å². The average molecular weight is 364 g/mol. The Morgan fingerprint density at radius 1 is 1.19 bits per heavy atom. The van der Waals surface area contributed by atoms with Crippen molar-refractivity contribution in [2.24, 2.45) is 0 Å². The molecule has 0 spiro atoms. The molecule has 1 amide bonds. The predicted molar refractivity (Wildman–Crippen MR) is 104 cm³/mol. The summed E-state index contributed by atoms with van der Waals surface area (Å²) in [7, 11) is 0. The van der Waals surface area contributed by atoms with Gasteiger partial charge in [-0.3, -0.25) is 14.6 Å². The summed E-state index contributed by atoms with van der Waals surface area (Å²) in [6, 6.07) is 7.94. The first-order valence-corrected chi connectivity index (χ1v) is 9.60. The fourth-order valence-corrected chi connectivity index (χ4v) is 3.13. The maximum Gasteiger partial charge on any atom is 0.238 e. The van der Waals surface area contributed by atoms with E-state index in [4.69, 9.17) is 4.74 Å². The Morgan fingerprint density at radius 2 is 1.85 bits per heavy atom. The average Bonchev–Trinajstić information content (AvgIpc) is 2.62. The van der Waals surface area contributed by atoms with E-state index in [0.717, 1.165) is 43.9 Å². The van der Waals surface area contributed by atoms with Crippen LogP contribution in [0.15, 0.2) is 24.3 Å². The molecule has 0 radical (unpaired) electrons. The molecule has 1 aliphatic heterocycles. The zero-order chi connectivity index (χ0) is 18.9. The standard InChI is InChI=1S/C20H33N3O3/c1-4-17-7-5-6-8-19(17)21-20(25)14-23-11-9-22(10-12-23)13-18(24)15-26-16(2)3/h5-8,16,18,24H,4,9-15H2,1-3H3,(H,21,25). The number of para-hydroxylation sites is 1. The van der Waals surface area contributed by atoms with Crippen LogP contribution in [0.25, 0.3) is 0 Å². The number of carbonyl (C=O) groups excluding carboxylic acids is 1. The number of hydrogen-bond donors (Lipinski definition) is 2. The molecular formula is C20H33N3O3. The Balaban J connectivity index is 1.70. The van der Waals surface area contributed by atoms with Crippen molar-refractivity contribution in [2.45, 2.75) is 39.4 Å². The van der Waals surface area contributed by atoms with Gasteiger partial charge >= 0.3 is 0 Å². The van der Waals surface area contributed by atoms with E-state index in [1.165, 1.54) is 0 Å². The van der Waals surface area contributed by atoms with E-state index >= 15 is 0 Å². The lowest BCUT2D eigenvalue weighted by molar-refractivity contribution is -0.117. The summed E-state index contributed by atoms with van der Waals surface area (Å²) in [5, 5.41) is 13.1. The fourth-order valence-electron chi connectivity index (χ4n) is 3.13. The fraction of sp³-hybridized carbons (Fsp3) is 0.650. The number of aliphatic hydroxyl groups excluding tert-OH is 1. The highest BCUT2D eigenvalue weighted by molar-refractivity contribution is 5.93. The summed E-state index contributed by atoms with van der Waals surface area (Å²) in [5.74, 6) is 0.0321. The molecule has 1 saturated heterocycles. The molecule has 146 valence electrons. The number of hydrogen-bond acceptors (Lipinski definition) is 5. The molecule has 2 N–H and O–H groups in total. The molecule has 1 fully saturated rings. The Labute approximate surface area is 157 Å². The lowest BCUT2D eigenvalue weighted by atomic mass is 10.1. The van der Waals surface area contributed by atoms with Gasteiger partial charge in [0.1, 0.15) is 0 Å². The third kappa shape index (κ3) is 7.03. The van der Waals surface area contributed by atoms with Crippen molar-refractivity contribution in [1.82, 2.24) is 9.80 Å². The number of nitrogens with one attached hydrogen (secondary N) is 1. The van der Waals surface area contributed by atoms with Gasteiger partial charge in [0, 0.05) is 38.4 Å². The second-order valence-corrected chi connectivity index (χ2v) is 7.17. The first kappa shape index (κ1) is 20.8. The van der Waals surface area contributed by atoms with Gasteiger partial charge in [-0.25, -0.2) is 0 Å². The van der Waals surface area contributed by atoms with Gasteiger partial charge in [0.15, 0.2) is 0 Å². The molecule has 1 aromatic carbocycles. The summed E-state index contributed by atoms with van der Waals surface area (Å²) in [6.07, 6.45) is 0.577. The number of amides is 1. The normalized spacial score (nSPS) is 17.4. The van der Waals surface area contributed by atoms with Crippen LogP contribution in [0.4, 0.5) is 5.69 Å². The molecule has 1 aliphatic rings. The zero-order valence-electron chi connectivity index (χ0n) is 16.3. The summed E-state index contributed by atoms with van der Waals surface area (Å²) in [6.45, 7) is 10.8. The van der Waals surface area contributed by atoms with Crippen LogP contribution in [-0.2, 0) is 16.0 Å². The Hall–Kier alpha value is -1.47. The highest BCUT2D eigenvalue weighted by Gasteiger charge is 2.21. The Bertz CT molecular complexity index is 557. The zero-order valence-corrected chi connectivity index (χ0v) is 16.3. The molecule has 0 bridgehead atoms. The van der Waals surface area contributed by atoms with Crippen LogP contribution in [-0.4, -0.2) is 78.9 Å². The van der Waals surface area contributed by atoms with Crippen molar-refractivity contribution in [3.63, 3.8) is 0 Å². The SMILES string of the molecule is CCc1ccccc1NC(=O)CN1CCN(CC(O)COC(C)C)CC1. The van der Waals surface area contributed by atoms with Gasteiger partial charge in [-0.15, -0.1) is 0 Å². The maximum absolute atomic E-state index is 12.3. The highest BCUT2D eigenvalue weighted by Crippen LogP contribution is 2.15. The van der Waals surface area contributed by atoms with Crippen LogP contribution < -0.4 is 5.32 Å². The molecule has 26 heavy (non-hydrogen) atoms. The number of β-amino-alcohol motifs (C(OH)–C–C–N with tert-alkyl or cyclic N) is 1. The number of carbonyl (C=O) groups is 1. The van der Waals surface area contributed by atoms with Gasteiger partial charge in [-0.2, -0.15) is 0 Å². The summed E-state index contributed by atoms with van der Waals surface area (Å²) >= 11 is 0. The van der Waals surface area contributed by atoms with E-state index in [1.54, 1.807) is 0 Å². The predicted octanol–water partition coefficient (Wildman–Crippen LogP) is 1.59. The van der Waals surface area contributed by atoms with E-state index in [2.05, 4.69) is 22.0 Å². The van der Waals surface area contributed by atoms with E-state index in [0.29, 0.717) is 19.7 Å². The molecule has 0 saturated carbocycles. The molecule has 6 heteroatoms. The lowest BCUT2D eigenvalue weighted by Gasteiger charge is -2.35. The van der Waals surface area contributed by atoms with Crippen molar-refractivity contribution in [3.05, 3.63) is 29.8 Å². The van der Waals surface area contributed by atoms with Gasteiger partial charge in [-0.1, -0.05) is 25.1 Å². The monoisotopic (exact) mass is 363 g/mol. The second kappa shape index (κ2) is 10.6. The minimum Gasteiger partial charge on any atom is -0.389 e. The number of rotatable bonds is 9. The molecule has 1 aromatic rings. The maximum atomic E-state index is 12.3. The molecule has 2 rings (SSSR count). The summed E-state index contributed by atoms with van der Waals surface area (Å²) < 4.78 is 5.45. The third-order valence-corrected chi connectivity index (χ3v) is 4.60. The largest absolute Gasteiger partial charge is 0.389 e. The van der Waals surface area contributed by atoms with Gasteiger partial charge < -0.3 is 15.2 Å². The van der Waals surface area contributed by atoms with Gasteiger partial charge in [0.2, 0.25) is 5.91 Å². The van der Waals surface area contributed by atoms with Crippen molar-refractivity contribution in [3.8, 4) is 0 Å². The number of benzene rings is 1. The molecule has 0 aliphatic carbocycles. The van der Waals surface area contributed by atoms with E-state index in [9.17, 15) is 9.90 Å². The van der Waals surface area contributed by atoms with Crippen LogP contribution in [0.3, 0.4) is 0 Å². The Morgan fingerprint density at radius 3 is 2.50 bits per heavy atom. The van der Waals surface area contributed by atoms with Crippen molar-refractivity contribution >= 4 is 11.6 Å². The molecule has 0 aromatic heterocycles. The molecule has 1 unspecified atom stereocenters. The topological polar surface area (TPSA) is 65.0 Å². The van der Waals surface area contributed by atoms with Crippen molar-refractivity contribution in [2.75, 3.05) is 51.2 Å². The summed E-state index contributed by atoms with van der Waals surface area (Å²) in [5.41, 5.74) is 2.06. The smallest absolute Gasteiger partial charge is 0.238 e. The van der Waals surface area contributed by atoms with E-state index in [1.807, 2.05) is 38.1 Å². The molecular weight excluding hydrogens is 330 g/mol. The van der Waals surface area contributed by atoms with Crippen LogP contribution in [0.1, 0.15) is 26.3 Å². The summed E-state index contributed by atoms with van der Waals surface area (Å²) in [4.78, 5) is 16.7. The minimum absolute atomic E-state index is 0.0321. The number of anilines is 1. The number of nitrogens with zero attached hydrogens (tertiary/aromatic N) is 2. The van der Waals surface area contributed by atoms with Crippen molar-refractivity contribution < 1.29 is 14.6 Å². The number of aliphatic hydroxyl groups is 1. The first-order chi connectivity index (χ1) is 12.5. The second-order valence-electron chi connectivity index (χ2n) is 7.17.